The SMILES string of the molecule is Cc1ccc(-c2nc(NN=CC3CC=CCC3)sc2C)cc1. The molecule has 1 aliphatic carbocycles. The number of benzene rings is 1. The van der Waals surface area contributed by atoms with Crippen molar-refractivity contribution in [1.82, 2.24) is 4.98 Å². The maximum Gasteiger partial charge on any atom is 0.204 e. The van der Waals surface area contributed by atoms with E-state index in [0.29, 0.717) is 5.92 Å². The first-order chi connectivity index (χ1) is 10.7. The molecule has 0 spiro atoms. The number of rotatable bonds is 4. The summed E-state index contributed by atoms with van der Waals surface area (Å²) in [6.45, 7) is 4.20. The van der Waals surface area contributed by atoms with Gasteiger partial charge in [-0.1, -0.05) is 42.0 Å². The Bertz CT molecular complexity index is 683. The maximum absolute atomic E-state index is 4.67. The molecule has 1 atom stereocenters. The van der Waals surface area contributed by atoms with E-state index >= 15 is 0 Å². The summed E-state index contributed by atoms with van der Waals surface area (Å²) in [5, 5.41) is 5.22. The van der Waals surface area contributed by atoms with Crippen LogP contribution in [0.1, 0.15) is 29.7 Å². The van der Waals surface area contributed by atoms with Gasteiger partial charge in [0.2, 0.25) is 5.13 Å². The number of aryl methyl sites for hydroxylation is 2. The van der Waals surface area contributed by atoms with Gasteiger partial charge >= 0.3 is 0 Å². The van der Waals surface area contributed by atoms with Crippen molar-refractivity contribution in [1.29, 1.82) is 0 Å². The highest BCUT2D eigenvalue weighted by atomic mass is 32.1. The minimum Gasteiger partial charge on any atom is -0.253 e. The van der Waals surface area contributed by atoms with Gasteiger partial charge in [0.05, 0.1) is 5.69 Å². The van der Waals surface area contributed by atoms with Gasteiger partial charge < -0.3 is 0 Å². The van der Waals surface area contributed by atoms with E-state index in [1.807, 2.05) is 6.21 Å². The van der Waals surface area contributed by atoms with Gasteiger partial charge in [0.15, 0.2) is 0 Å². The third-order valence-electron chi connectivity index (χ3n) is 3.88. The van der Waals surface area contributed by atoms with Gasteiger partial charge in [-0.05, 0) is 39.0 Å². The van der Waals surface area contributed by atoms with Gasteiger partial charge in [-0.2, -0.15) is 5.10 Å². The fourth-order valence-corrected chi connectivity index (χ4v) is 3.36. The molecule has 0 radical (unpaired) electrons. The molecule has 0 saturated carbocycles. The lowest BCUT2D eigenvalue weighted by molar-refractivity contribution is 0.627. The molecular weight excluding hydrogens is 290 g/mol. The number of aromatic nitrogens is 1. The quantitative estimate of drug-likeness (QED) is 0.480. The van der Waals surface area contributed by atoms with Crippen LogP contribution in [0, 0.1) is 19.8 Å². The zero-order valence-corrected chi connectivity index (χ0v) is 13.9. The second-order valence-electron chi connectivity index (χ2n) is 5.72. The minimum absolute atomic E-state index is 0.551. The van der Waals surface area contributed by atoms with Gasteiger partial charge in [0, 0.05) is 16.7 Å². The first-order valence-corrected chi connectivity index (χ1v) is 8.52. The summed E-state index contributed by atoms with van der Waals surface area (Å²) >= 11 is 1.65. The van der Waals surface area contributed by atoms with Gasteiger partial charge in [0.1, 0.15) is 0 Å². The molecule has 1 unspecified atom stereocenters. The third kappa shape index (κ3) is 3.63. The summed E-state index contributed by atoms with van der Waals surface area (Å²) in [4.78, 5) is 5.88. The highest BCUT2D eigenvalue weighted by molar-refractivity contribution is 7.15. The molecule has 3 rings (SSSR count). The van der Waals surface area contributed by atoms with Crippen LogP contribution in [0.15, 0.2) is 41.5 Å². The first kappa shape index (κ1) is 15.0. The molecule has 2 aromatic rings. The number of allylic oxidation sites excluding steroid dienone is 2. The molecule has 0 saturated heterocycles. The molecule has 4 heteroatoms. The molecule has 114 valence electrons. The molecule has 0 aliphatic heterocycles. The van der Waals surface area contributed by atoms with Gasteiger partial charge in [-0.3, -0.25) is 5.43 Å². The number of nitrogens with one attached hydrogen (secondary N) is 1. The van der Waals surface area contributed by atoms with E-state index in [4.69, 9.17) is 0 Å². The van der Waals surface area contributed by atoms with Crippen molar-refractivity contribution in [2.75, 3.05) is 5.43 Å². The molecule has 1 heterocycles. The number of hydrazone groups is 1. The van der Waals surface area contributed by atoms with Crippen LogP contribution in [0.2, 0.25) is 0 Å². The van der Waals surface area contributed by atoms with Crippen molar-refractivity contribution in [2.45, 2.75) is 33.1 Å². The second-order valence-corrected chi connectivity index (χ2v) is 6.93. The smallest absolute Gasteiger partial charge is 0.204 e. The van der Waals surface area contributed by atoms with Crippen molar-refractivity contribution in [2.24, 2.45) is 11.0 Å². The van der Waals surface area contributed by atoms with Crippen molar-refractivity contribution >= 4 is 22.7 Å². The number of thiazole rings is 1. The highest BCUT2D eigenvalue weighted by Gasteiger charge is 2.10. The van der Waals surface area contributed by atoms with Gasteiger partial charge in [-0.15, -0.1) is 11.3 Å². The molecule has 22 heavy (non-hydrogen) atoms. The van der Waals surface area contributed by atoms with Crippen LogP contribution >= 0.6 is 11.3 Å². The Balaban J connectivity index is 1.68. The van der Waals surface area contributed by atoms with Crippen LogP contribution in [-0.4, -0.2) is 11.2 Å². The largest absolute Gasteiger partial charge is 0.253 e. The zero-order valence-electron chi connectivity index (χ0n) is 13.0. The number of hydrogen-bond acceptors (Lipinski definition) is 4. The van der Waals surface area contributed by atoms with E-state index in [-0.39, 0.29) is 0 Å². The maximum atomic E-state index is 4.67. The number of hydrogen-bond donors (Lipinski definition) is 1. The topological polar surface area (TPSA) is 37.3 Å². The van der Waals surface area contributed by atoms with Crippen molar-refractivity contribution in [3.63, 3.8) is 0 Å². The Morgan fingerprint density at radius 3 is 2.77 bits per heavy atom. The van der Waals surface area contributed by atoms with E-state index in [2.05, 4.69) is 65.8 Å². The van der Waals surface area contributed by atoms with E-state index < -0.39 is 0 Å². The Morgan fingerprint density at radius 2 is 2.05 bits per heavy atom. The predicted octanol–water partition coefficient (Wildman–Crippen LogP) is 5.18. The van der Waals surface area contributed by atoms with E-state index in [0.717, 1.165) is 29.2 Å². The van der Waals surface area contributed by atoms with Gasteiger partial charge in [-0.25, -0.2) is 4.98 Å². The second kappa shape index (κ2) is 6.88. The van der Waals surface area contributed by atoms with Crippen LogP contribution in [0.25, 0.3) is 11.3 Å². The van der Waals surface area contributed by atoms with Crippen LogP contribution in [0.5, 0.6) is 0 Å². The summed E-state index contributed by atoms with van der Waals surface area (Å²) in [6.07, 6.45) is 9.94. The van der Waals surface area contributed by atoms with Crippen molar-refractivity contribution < 1.29 is 0 Å². The van der Waals surface area contributed by atoms with Crippen LogP contribution < -0.4 is 5.43 Å². The van der Waals surface area contributed by atoms with E-state index in [1.54, 1.807) is 11.3 Å². The normalized spacial score (nSPS) is 18.0. The summed E-state index contributed by atoms with van der Waals surface area (Å²) < 4.78 is 0. The Hall–Kier alpha value is -1.94. The van der Waals surface area contributed by atoms with E-state index in [9.17, 15) is 0 Å². The third-order valence-corrected chi connectivity index (χ3v) is 4.75. The van der Waals surface area contributed by atoms with Crippen LogP contribution in [0.3, 0.4) is 0 Å². The average molecular weight is 311 g/mol. The molecule has 1 aliphatic rings. The monoisotopic (exact) mass is 311 g/mol. The van der Waals surface area contributed by atoms with Crippen LogP contribution in [-0.2, 0) is 0 Å². The fourth-order valence-electron chi connectivity index (χ4n) is 2.57. The van der Waals surface area contributed by atoms with Crippen LogP contribution in [0.4, 0.5) is 5.13 Å². The molecular formula is C18H21N3S. The lowest BCUT2D eigenvalue weighted by Crippen LogP contribution is -2.04. The molecule has 1 aromatic heterocycles. The molecule has 0 bridgehead atoms. The lowest BCUT2D eigenvalue weighted by Gasteiger charge is -2.11. The molecule has 1 N–H and O–H groups in total. The molecule has 1 aromatic carbocycles. The average Bonchev–Trinajstić information content (AvgIpc) is 2.90. The molecule has 0 amide bonds. The first-order valence-electron chi connectivity index (χ1n) is 7.71. The van der Waals surface area contributed by atoms with Crippen molar-refractivity contribution in [3.8, 4) is 11.3 Å². The highest BCUT2D eigenvalue weighted by Crippen LogP contribution is 2.30. The Labute approximate surface area is 135 Å². The molecule has 0 fully saturated rings. The summed E-state index contributed by atoms with van der Waals surface area (Å²) in [7, 11) is 0. The summed E-state index contributed by atoms with van der Waals surface area (Å²) in [5.41, 5.74) is 6.56. The lowest BCUT2D eigenvalue weighted by atomic mass is 9.96. The zero-order chi connectivity index (χ0) is 15.4. The Kier molecular flexibility index (Phi) is 4.68. The fraction of sp³-hybridized carbons (Fsp3) is 0.333. The molecule has 3 nitrogen and oxygen atoms in total. The predicted molar refractivity (Wildman–Crippen MR) is 95.6 cm³/mol. The summed E-state index contributed by atoms with van der Waals surface area (Å²) in [6, 6.07) is 8.49. The number of nitrogens with zero attached hydrogens (tertiary/aromatic N) is 2. The van der Waals surface area contributed by atoms with Gasteiger partial charge in [0.25, 0.3) is 0 Å². The number of anilines is 1. The minimum atomic E-state index is 0.551. The van der Waals surface area contributed by atoms with Crippen molar-refractivity contribution in [3.05, 3.63) is 46.9 Å². The van der Waals surface area contributed by atoms with E-state index in [1.165, 1.54) is 16.9 Å². The standard InChI is InChI=1S/C18H21N3S/c1-13-8-10-16(11-9-13)17-14(2)22-18(20-17)21-19-12-15-6-4-3-5-7-15/h3-4,8-12,15H,5-7H2,1-2H3,(H,20,21). The Morgan fingerprint density at radius 1 is 1.23 bits per heavy atom. The summed E-state index contributed by atoms with van der Waals surface area (Å²) in [5.74, 6) is 0.551.